The second-order valence-corrected chi connectivity index (χ2v) is 7.87. The molecule has 1 amide bonds. The third-order valence-corrected chi connectivity index (χ3v) is 5.88. The van der Waals surface area contributed by atoms with Crippen molar-refractivity contribution in [3.8, 4) is 5.75 Å². The summed E-state index contributed by atoms with van der Waals surface area (Å²) in [7, 11) is 3.57. The van der Waals surface area contributed by atoms with E-state index in [-0.39, 0.29) is 11.7 Å². The number of amides is 1. The summed E-state index contributed by atoms with van der Waals surface area (Å²) >= 11 is 3.02. The van der Waals surface area contributed by atoms with E-state index in [0.29, 0.717) is 6.42 Å². The largest absolute Gasteiger partial charge is 0.497 e. The molecule has 0 unspecified atom stereocenters. The van der Waals surface area contributed by atoms with Crippen LogP contribution in [0.25, 0.3) is 0 Å². The van der Waals surface area contributed by atoms with Gasteiger partial charge in [-0.2, -0.15) is 0 Å². The zero-order valence-corrected chi connectivity index (χ0v) is 17.6. The Labute approximate surface area is 173 Å². The van der Waals surface area contributed by atoms with Crippen molar-refractivity contribution >= 4 is 35.1 Å². The molecule has 0 aliphatic heterocycles. The molecule has 28 heavy (non-hydrogen) atoms. The Bertz CT molecular complexity index is 942. The quantitative estimate of drug-likeness (QED) is 0.565. The van der Waals surface area contributed by atoms with E-state index in [1.165, 1.54) is 11.8 Å². The molecule has 1 heterocycles. The van der Waals surface area contributed by atoms with Gasteiger partial charge in [-0.05, 0) is 42.2 Å². The van der Waals surface area contributed by atoms with Crippen molar-refractivity contribution in [3.05, 3.63) is 59.9 Å². The molecule has 0 spiro atoms. The highest BCUT2D eigenvalue weighted by molar-refractivity contribution is 7.99. The van der Waals surface area contributed by atoms with Gasteiger partial charge in [0.05, 0.1) is 12.9 Å². The number of carbonyl (C=O) groups is 1. The Morgan fingerprint density at radius 2 is 1.96 bits per heavy atom. The van der Waals surface area contributed by atoms with Gasteiger partial charge in [0.1, 0.15) is 11.6 Å². The first kappa shape index (κ1) is 20.3. The Morgan fingerprint density at radius 1 is 1.18 bits per heavy atom. The van der Waals surface area contributed by atoms with E-state index >= 15 is 0 Å². The van der Waals surface area contributed by atoms with Crippen molar-refractivity contribution in [2.24, 2.45) is 7.05 Å². The molecule has 0 bridgehead atoms. The summed E-state index contributed by atoms with van der Waals surface area (Å²) in [5.74, 6) is 1.88. The zero-order valence-electron chi connectivity index (χ0n) is 16.0. The number of rotatable bonds is 8. The second kappa shape index (κ2) is 9.66. The fraction of sp³-hybridized carbons (Fsp3) is 0.250. The number of aromatic nitrogens is 3. The van der Waals surface area contributed by atoms with Gasteiger partial charge in [-0.25, -0.2) is 0 Å². The molecule has 146 valence electrons. The SMILES string of the molecule is COc1ccc(Cc2nnc(SCC(=O)Nc3cccc(SC)c3)n2C)cc1. The summed E-state index contributed by atoms with van der Waals surface area (Å²) in [4.78, 5) is 13.4. The standard InChI is InChI=1S/C20H22N4O2S2/c1-24-18(11-14-7-9-16(26-2)10-8-14)22-23-20(24)28-13-19(25)21-15-5-4-6-17(12-15)27-3/h4-10,12H,11,13H2,1-3H3,(H,21,25). The van der Waals surface area contributed by atoms with Crippen molar-refractivity contribution in [2.75, 3.05) is 24.4 Å². The first-order chi connectivity index (χ1) is 13.6. The van der Waals surface area contributed by atoms with E-state index in [1.54, 1.807) is 18.9 Å². The van der Waals surface area contributed by atoms with Crippen molar-refractivity contribution < 1.29 is 9.53 Å². The molecule has 3 aromatic rings. The molecule has 2 aromatic carbocycles. The van der Waals surface area contributed by atoms with Crippen LogP contribution in [0.3, 0.4) is 0 Å². The summed E-state index contributed by atoms with van der Waals surface area (Å²) < 4.78 is 7.11. The van der Waals surface area contributed by atoms with Gasteiger partial charge in [-0.15, -0.1) is 22.0 Å². The molecule has 1 N–H and O–H groups in total. The minimum atomic E-state index is -0.0667. The van der Waals surface area contributed by atoms with Gasteiger partial charge in [0.15, 0.2) is 5.16 Å². The summed E-state index contributed by atoms with van der Waals surface area (Å²) in [6.07, 6.45) is 2.68. The van der Waals surface area contributed by atoms with Crippen LogP contribution in [0, 0.1) is 0 Å². The van der Waals surface area contributed by atoms with Crippen LogP contribution in [0.4, 0.5) is 5.69 Å². The van der Waals surface area contributed by atoms with Gasteiger partial charge < -0.3 is 14.6 Å². The number of hydrogen-bond donors (Lipinski definition) is 1. The zero-order chi connectivity index (χ0) is 19.9. The van der Waals surface area contributed by atoms with E-state index in [1.807, 2.05) is 66.4 Å². The number of thioether (sulfide) groups is 2. The average molecular weight is 415 g/mol. The Morgan fingerprint density at radius 3 is 2.68 bits per heavy atom. The smallest absolute Gasteiger partial charge is 0.234 e. The highest BCUT2D eigenvalue weighted by Gasteiger charge is 2.12. The lowest BCUT2D eigenvalue weighted by Crippen LogP contribution is -2.14. The molecule has 0 atom stereocenters. The van der Waals surface area contributed by atoms with Crippen molar-refractivity contribution in [2.45, 2.75) is 16.5 Å². The average Bonchev–Trinajstić information content (AvgIpc) is 3.06. The van der Waals surface area contributed by atoms with Crippen LogP contribution in [0.15, 0.2) is 58.6 Å². The lowest BCUT2D eigenvalue weighted by Gasteiger charge is -2.07. The third-order valence-electron chi connectivity index (χ3n) is 4.13. The molecule has 0 fully saturated rings. The molecule has 3 rings (SSSR count). The van der Waals surface area contributed by atoms with Gasteiger partial charge in [0.2, 0.25) is 5.91 Å². The van der Waals surface area contributed by atoms with Crippen LogP contribution in [0.5, 0.6) is 5.75 Å². The molecule has 6 nitrogen and oxygen atoms in total. The van der Waals surface area contributed by atoms with Crippen molar-refractivity contribution in [1.29, 1.82) is 0 Å². The van der Waals surface area contributed by atoms with Crippen LogP contribution in [-0.2, 0) is 18.3 Å². The van der Waals surface area contributed by atoms with Crippen LogP contribution >= 0.6 is 23.5 Å². The normalized spacial score (nSPS) is 10.7. The molecule has 0 aliphatic rings. The van der Waals surface area contributed by atoms with E-state index < -0.39 is 0 Å². The van der Waals surface area contributed by atoms with Crippen LogP contribution < -0.4 is 10.1 Å². The maximum absolute atomic E-state index is 12.2. The molecule has 0 aliphatic carbocycles. The number of anilines is 1. The maximum Gasteiger partial charge on any atom is 0.234 e. The topological polar surface area (TPSA) is 69.0 Å². The summed E-state index contributed by atoms with van der Waals surface area (Å²) in [6.45, 7) is 0. The molecule has 1 aromatic heterocycles. The summed E-state index contributed by atoms with van der Waals surface area (Å²) in [5.41, 5.74) is 1.93. The van der Waals surface area contributed by atoms with Crippen LogP contribution in [0.1, 0.15) is 11.4 Å². The van der Waals surface area contributed by atoms with E-state index in [0.717, 1.165) is 32.9 Å². The first-order valence-corrected chi connectivity index (χ1v) is 10.9. The Kier molecular flexibility index (Phi) is 7.00. The molecular formula is C20H22N4O2S2. The maximum atomic E-state index is 12.2. The second-order valence-electron chi connectivity index (χ2n) is 6.05. The monoisotopic (exact) mass is 414 g/mol. The van der Waals surface area contributed by atoms with Crippen LogP contribution in [0.2, 0.25) is 0 Å². The van der Waals surface area contributed by atoms with E-state index in [2.05, 4.69) is 15.5 Å². The predicted molar refractivity (Wildman–Crippen MR) is 114 cm³/mol. The summed E-state index contributed by atoms with van der Waals surface area (Å²) in [6, 6.07) is 15.7. The van der Waals surface area contributed by atoms with E-state index in [4.69, 9.17) is 4.74 Å². The molecule has 0 saturated heterocycles. The number of carbonyl (C=O) groups excluding carboxylic acids is 1. The van der Waals surface area contributed by atoms with Crippen molar-refractivity contribution in [1.82, 2.24) is 14.8 Å². The summed E-state index contributed by atoms with van der Waals surface area (Å²) in [5, 5.41) is 12.1. The Hall–Kier alpha value is -2.45. The number of benzene rings is 2. The van der Waals surface area contributed by atoms with Crippen LogP contribution in [-0.4, -0.2) is 39.8 Å². The third kappa shape index (κ3) is 5.30. The highest BCUT2D eigenvalue weighted by Crippen LogP contribution is 2.21. The number of nitrogens with zero attached hydrogens (tertiary/aromatic N) is 3. The van der Waals surface area contributed by atoms with Gasteiger partial charge >= 0.3 is 0 Å². The first-order valence-electron chi connectivity index (χ1n) is 8.67. The number of ether oxygens (including phenoxy) is 1. The highest BCUT2D eigenvalue weighted by atomic mass is 32.2. The van der Waals surface area contributed by atoms with Gasteiger partial charge in [-0.1, -0.05) is 30.0 Å². The fourth-order valence-corrected chi connectivity index (χ4v) is 3.77. The molecule has 8 heteroatoms. The van der Waals surface area contributed by atoms with Gasteiger partial charge in [0.25, 0.3) is 0 Å². The lowest BCUT2D eigenvalue weighted by atomic mass is 10.1. The molecule has 0 radical (unpaired) electrons. The van der Waals surface area contributed by atoms with Gasteiger partial charge in [0, 0.05) is 24.1 Å². The minimum Gasteiger partial charge on any atom is -0.497 e. The number of methoxy groups -OCH3 is 1. The fourth-order valence-electron chi connectivity index (χ4n) is 2.58. The van der Waals surface area contributed by atoms with Crippen molar-refractivity contribution in [3.63, 3.8) is 0 Å². The minimum absolute atomic E-state index is 0.0667. The number of hydrogen-bond acceptors (Lipinski definition) is 6. The molecular weight excluding hydrogens is 392 g/mol. The van der Waals surface area contributed by atoms with E-state index in [9.17, 15) is 4.79 Å². The predicted octanol–water partition coefficient (Wildman–Crippen LogP) is 3.87. The lowest BCUT2D eigenvalue weighted by molar-refractivity contribution is -0.113. The molecule has 0 saturated carbocycles. The van der Waals surface area contributed by atoms with Gasteiger partial charge in [-0.3, -0.25) is 4.79 Å². The Balaban J connectivity index is 1.56. The number of nitrogens with one attached hydrogen (secondary N) is 1.